The van der Waals surface area contributed by atoms with E-state index in [2.05, 4.69) is 39.1 Å². The zero-order chi connectivity index (χ0) is 35.7. The predicted molar refractivity (Wildman–Crippen MR) is 206 cm³/mol. The summed E-state index contributed by atoms with van der Waals surface area (Å²) in [7, 11) is 0. The quantitative estimate of drug-likeness (QED) is 0.0930. The molecule has 0 bridgehead atoms. The molecule has 8 nitrogen and oxygen atoms in total. The van der Waals surface area contributed by atoms with E-state index in [9.17, 15) is 19.6 Å². The Morgan fingerprint density at radius 2 is 1.69 bits per heavy atom. The number of anilines is 2. The van der Waals surface area contributed by atoms with Crippen molar-refractivity contribution in [1.82, 2.24) is 10.2 Å². The zero-order valence-electron chi connectivity index (χ0n) is 27.7. The Hall–Kier alpha value is -5.18. The predicted octanol–water partition coefficient (Wildman–Crippen LogP) is 8.36. The SMILES string of the molecule is CC(Sc1cccc(NC(=O)/C(=C\c2ccccc2Cl)NC(=O)c2ccccc2)c1)C(=O)Nc1sc2c(c1C#N)CCN(Cc1ccccc1)C2. The van der Waals surface area contributed by atoms with Crippen LogP contribution in [-0.4, -0.2) is 34.4 Å². The number of nitrogens with zero attached hydrogens (tertiary/aromatic N) is 2. The highest BCUT2D eigenvalue weighted by Crippen LogP contribution is 2.38. The van der Waals surface area contributed by atoms with Crippen LogP contribution < -0.4 is 16.0 Å². The summed E-state index contributed by atoms with van der Waals surface area (Å²) in [4.78, 5) is 44.2. The second-order valence-electron chi connectivity index (χ2n) is 11.9. The van der Waals surface area contributed by atoms with E-state index in [1.165, 1.54) is 34.7 Å². The van der Waals surface area contributed by atoms with Crippen LogP contribution in [0.3, 0.4) is 0 Å². The van der Waals surface area contributed by atoms with E-state index in [1.807, 2.05) is 24.3 Å². The number of fused-ring (bicyclic) bond motifs is 1. The fourth-order valence-electron chi connectivity index (χ4n) is 5.65. The molecule has 4 aromatic carbocycles. The Kier molecular flexibility index (Phi) is 11.7. The molecule has 0 aliphatic carbocycles. The lowest BCUT2D eigenvalue weighted by molar-refractivity contribution is -0.115. The molecule has 2 heterocycles. The number of thiophene rings is 1. The number of thioether (sulfide) groups is 1. The Morgan fingerprint density at radius 1 is 0.961 bits per heavy atom. The van der Waals surface area contributed by atoms with Gasteiger partial charge in [-0.05, 0) is 72.5 Å². The largest absolute Gasteiger partial charge is 0.321 e. The van der Waals surface area contributed by atoms with Gasteiger partial charge in [-0.1, -0.05) is 84.4 Å². The molecule has 0 saturated carbocycles. The fraction of sp³-hybridized carbons (Fsp3) is 0.150. The normalized spacial score (nSPS) is 13.4. The zero-order valence-corrected chi connectivity index (χ0v) is 30.1. The second-order valence-corrected chi connectivity index (χ2v) is 14.8. The Balaban J connectivity index is 1.11. The maximum Gasteiger partial charge on any atom is 0.272 e. The van der Waals surface area contributed by atoms with Crippen molar-refractivity contribution in [3.8, 4) is 6.07 Å². The monoisotopic (exact) mass is 731 g/mol. The third-order valence-electron chi connectivity index (χ3n) is 8.24. The third-order valence-corrected chi connectivity index (χ3v) is 10.8. The van der Waals surface area contributed by atoms with Crippen LogP contribution in [0, 0.1) is 11.3 Å². The molecule has 0 fully saturated rings. The molecule has 1 aliphatic heterocycles. The van der Waals surface area contributed by atoms with Crippen molar-refractivity contribution in [2.75, 3.05) is 17.2 Å². The highest BCUT2D eigenvalue weighted by atomic mass is 35.5. The van der Waals surface area contributed by atoms with E-state index >= 15 is 0 Å². The molecule has 256 valence electrons. The van der Waals surface area contributed by atoms with E-state index < -0.39 is 17.1 Å². The molecule has 3 N–H and O–H groups in total. The van der Waals surface area contributed by atoms with Crippen molar-refractivity contribution in [3.05, 3.63) is 153 Å². The maximum absolute atomic E-state index is 13.6. The lowest BCUT2D eigenvalue weighted by Crippen LogP contribution is -2.30. The number of nitriles is 1. The summed E-state index contributed by atoms with van der Waals surface area (Å²) in [5, 5.41) is 19.1. The lowest BCUT2D eigenvalue weighted by Gasteiger charge is -2.26. The summed E-state index contributed by atoms with van der Waals surface area (Å²) in [5.74, 6) is -1.21. The van der Waals surface area contributed by atoms with Crippen LogP contribution in [0.5, 0.6) is 0 Å². The second kappa shape index (κ2) is 16.7. The van der Waals surface area contributed by atoms with Gasteiger partial charge < -0.3 is 16.0 Å². The standard InChI is InChI=1S/C40H34ClN5O3S2/c1-26(37(47)45-40-33(23-42)32-19-20-46(25-36(32)51-40)24-27-11-4-2-5-12-27)50-31-17-10-16-30(22-31)43-39(49)35(21-29-15-8-9-18-34(29)41)44-38(48)28-13-6-3-7-14-28/h2-18,21-22,26H,19-20,24-25H2,1H3,(H,43,49)(H,44,48)(H,45,47)/b35-21+. The summed E-state index contributed by atoms with van der Waals surface area (Å²) in [6.07, 6.45) is 2.29. The van der Waals surface area contributed by atoms with Crippen molar-refractivity contribution in [1.29, 1.82) is 5.26 Å². The molecular formula is C40H34ClN5O3S2. The Labute approximate surface area is 310 Å². The van der Waals surface area contributed by atoms with Crippen molar-refractivity contribution in [3.63, 3.8) is 0 Å². The molecule has 0 radical (unpaired) electrons. The minimum Gasteiger partial charge on any atom is -0.321 e. The van der Waals surface area contributed by atoms with Gasteiger partial charge in [-0.15, -0.1) is 23.1 Å². The van der Waals surface area contributed by atoms with Gasteiger partial charge in [-0.25, -0.2) is 0 Å². The highest BCUT2D eigenvalue weighted by molar-refractivity contribution is 8.00. The molecule has 1 aromatic heterocycles. The van der Waals surface area contributed by atoms with Crippen molar-refractivity contribution in [2.45, 2.75) is 36.6 Å². The van der Waals surface area contributed by atoms with E-state index in [0.29, 0.717) is 32.4 Å². The molecule has 11 heteroatoms. The van der Waals surface area contributed by atoms with Gasteiger partial charge in [-0.3, -0.25) is 19.3 Å². The van der Waals surface area contributed by atoms with Gasteiger partial charge in [0.25, 0.3) is 11.8 Å². The van der Waals surface area contributed by atoms with Gasteiger partial charge in [0.2, 0.25) is 5.91 Å². The molecule has 1 aliphatic rings. The van der Waals surface area contributed by atoms with Crippen LogP contribution >= 0.6 is 34.7 Å². The highest BCUT2D eigenvalue weighted by Gasteiger charge is 2.26. The number of benzene rings is 4. The van der Waals surface area contributed by atoms with E-state index in [1.54, 1.807) is 79.7 Å². The van der Waals surface area contributed by atoms with Crippen LogP contribution in [0.25, 0.3) is 6.08 Å². The Morgan fingerprint density at radius 3 is 2.43 bits per heavy atom. The molecule has 3 amide bonds. The van der Waals surface area contributed by atoms with E-state index in [4.69, 9.17) is 11.6 Å². The molecule has 0 saturated heterocycles. The van der Waals surface area contributed by atoms with Gasteiger partial charge in [0, 0.05) is 45.7 Å². The molecule has 1 unspecified atom stereocenters. The minimum absolute atomic E-state index is 0.0119. The molecular weight excluding hydrogens is 698 g/mol. The molecule has 0 spiro atoms. The van der Waals surface area contributed by atoms with Gasteiger partial charge in [0.05, 0.1) is 10.8 Å². The molecule has 1 atom stereocenters. The summed E-state index contributed by atoms with van der Waals surface area (Å²) < 4.78 is 0. The summed E-state index contributed by atoms with van der Waals surface area (Å²) in [6, 6.07) is 35.4. The van der Waals surface area contributed by atoms with Crippen LogP contribution in [0.2, 0.25) is 5.02 Å². The summed E-state index contributed by atoms with van der Waals surface area (Å²) in [6.45, 7) is 4.20. The first-order chi connectivity index (χ1) is 24.8. The number of halogens is 1. The first-order valence-electron chi connectivity index (χ1n) is 16.3. The van der Waals surface area contributed by atoms with Gasteiger partial charge in [0.15, 0.2) is 0 Å². The number of rotatable bonds is 11. The summed E-state index contributed by atoms with van der Waals surface area (Å²) >= 11 is 9.17. The van der Waals surface area contributed by atoms with Gasteiger partial charge in [-0.2, -0.15) is 5.26 Å². The van der Waals surface area contributed by atoms with Crippen LogP contribution in [-0.2, 0) is 29.1 Å². The molecule has 5 aromatic rings. The van der Waals surface area contributed by atoms with Gasteiger partial charge in [0.1, 0.15) is 16.8 Å². The molecule has 6 rings (SSSR count). The third kappa shape index (κ3) is 9.14. The number of nitrogens with one attached hydrogen (secondary N) is 3. The van der Waals surface area contributed by atoms with Crippen molar-refractivity contribution >= 4 is 69.2 Å². The average molecular weight is 732 g/mol. The number of amides is 3. The van der Waals surface area contributed by atoms with Crippen LogP contribution in [0.4, 0.5) is 10.7 Å². The van der Waals surface area contributed by atoms with Crippen LogP contribution in [0.15, 0.2) is 120 Å². The molecule has 51 heavy (non-hydrogen) atoms. The first kappa shape index (κ1) is 35.6. The fourth-order valence-corrected chi connectivity index (χ4v) is 8.01. The Bertz CT molecular complexity index is 2130. The average Bonchev–Trinajstić information content (AvgIpc) is 3.49. The van der Waals surface area contributed by atoms with Crippen LogP contribution in [0.1, 0.15) is 44.4 Å². The number of carbonyl (C=O) groups excluding carboxylic acids is 3. The van der Waals surface area contributed by atoms with Gasteiger partial charge >= 0.3 is 0 Å². The summed E-state index contributed by atoms with van der Waals surface area (Å²) in [5.41, 5.74) is 4.27. The number of carbonyl (C=O) groups is 3. The minimum atomic E-state index is -0.542. The van der Waals surface area contributed by atoms with E-state index in [0.717, 1.165) is 41.4 Å². The first-order valence-corrected chi connectivity index (χ1v) is 18.4. The van der Waals surface area contributed by atoms with Crippen molar-refractivity contribution < 1.29 is 14.4 Å². The van der Waals surface area contributed by atoms with E-state index in [-0.39, 0.29) is 11.6 Å². The maximum atomic E-state index is 13.6. The smallest absolute Gasteiger partial charge is 0.272 e. The number of hydrogen-bond acceptors (Lipinski definition) is 7. The van der Waals surface area contributed by atoms with Crippen molar-refractivity contribution in [2.24, 2.45) is 0 Å². The lowest BCUT2D eigenvalue weighted by atomic mass is 10.0. The topological polar surface area (TPSA) is 114 Å². The number of hydrogen-bond donors (Lipinski definition) is 3.